The molecule has 4 nitrogen and oxygen atoms in total. The zero-order chi connectivity index (χ0) is 14.0. The van der Waals surface area contributed by atoms with Gasteiger partial charge < -0.3 is 0 Å². The first-order valence-electron chi connectivity index (χ1n) is 5.24. The van der Waals surface area contributed by atoms with Gasteiger partial charge in [0.15, 0.2) is 11.6 Å². The second kappa shape index (κ2) is 4.93. The maximum absolute atomic E-state index is 13.7. The number of carbonyl (C=O) groups is 1. The molecule has 2 aromatic carbocycles. The molecular weight excluding hydrogens is 256 g/mol. The van der Waals surface area contributed by atoms with Crippen molar-refractivity contribution in [2.45, 2.75) is 0 Å². The molecule has 0 saturated carbocycles. The largest absolute Gasteiger partial charge is 0.288 e. The summed E-state index contributed by atoms with van der Waals surface area (Å²) >= 11 is 0. The van der Waals surface area contributed by atoms with Crippen LogP contribution in [-0.2, 0) is 0 Å². The van der Waals surface area contributed by atoms with Crippen molar-refractivity contribution in [1.82, 2.24) is 0 Å². The van der Waals surface area contributed by atoms with E-state index in [0.717, 1.165) is 6.07 Å². The van der Waals surface area contributed by atoms with Gasteiger partial charge in [0.1, 0.15) is 5.56 Å². The zero-order valence-electron chi connectivity index (χ0n) is 9.47. The summed E-state index contributed by atoms with van der Waals surface area (Å²) in [5.41, 5.74) is -1.57. The monoisotopic (exact) mass is 263 g/mol. The number of nitrogens with zero attached hydrogens (tertiary/aromatic N) is 1. The van der Waals surface area contributed by atoms with Gasteiger partial charge in [0, 0.05) is 11.6 Å². The Morgan fingerprint density at radius 1 is 1.05 bits per heavy atom. The molecule has 0 fully saturated rings. The lowest BCUT2D eigenvalue weighted by Gasteiger charge is -2.04. The number of hydrogen-bond donors (Lipinski definition) is 0. The molecular formula is C13H7F2NO3. The fourth-order valence-electron chi connectivity index (χ4n) is 1.64. The summed E-state index contributed by atoms with van der Waals surface area (Å²) < 4.78 is 26.8. The van der Waals surface area contributed by atoms with Gasteiger partial charge in [-0.25, -0.2) is 8.78 Å². The van der Waals surface area contributed by atoms with Crippen LogP contribution in [0.5, 0.6) is 0 Å². The van der Waals surface area contributed by atoms with Crippen LogP contribution in [0.1, 0.15) is 15.9 Å². The van der Waals surface area contributed by atoms with E-state index in [1.165, 1.54) is 24.3 Å². The van der Waals surface area contributed by atoms with Crippen LogP contribution in [0.25, 0.3) is 0 Å². The minimum absolute atomic E-state index is 0.0510. The molecule has 0 bridgehead atoms. The van der Waals surface area contributed by atoms with E-state index in [0.29, 0.717) is 6.07 Å². The van der Waals surface area contributed by atoms with E-state index < -0.39 is 33.6 Å². The van der Waals surface area contributed by atoms with Crippen molar-refractivity contribution in [3.63, 3.8) is 0 Å². The second-order valence-electron chi connectivity index (χ2n) is 3.71. The van der Waals surface area contributed by atoms with E-state index in [1.54, 1.807) is 6.07 Å². The molecule has 0 aliphatic carbocycles. The van der Waals surface area contributed by atoms with E-state index in [4.69, 9.17) is 0 Å². The molecule has 0 radical (unpaired) electrons. The van der Waals surface area contributed by atoms with Crippen molar-refractivity contribution in [1.29, 1.82) is 0 Å². The van der Waals surface area contributed by atoms with Crippen LogP contribution < -0.4 is 0 Å². The van der Waals surface area contributed by atoms with E-state index >= 15 is 0 Å². The molecule has 0 amide bonds. The molecule has 0 aromatic heterocycles. The summed E-state index contributed by atoms with van der Waals surface area (Å²) in [4.78, 5) is 21.9. The molecule has 2 rings (SSSR count). The molecule has 0 aliphatic rings. The number of benzene rings is 2. The van der Waals surface area contributed by atoms with Gasteiger partial charge in [0.05, 0.1) is 4.92 Å². The fourth-order valence-corrected chi connectivity index (χ4v) is 1.64. The SMILES string of the molecule is O=C(c1ccccc1)c1c([N+](=O)[O-])ccc(F)c1F. The van der Waals surface area contributed by atoms with Crippen LogP contribution in [-0.4, -0.2) is 10.7 Å². The molecule has 19 heavy (non-hydrogen) atoms. The molecule has 0 atom stereocenters. The number of ketones is 1. The van der Waals surface area contributed by atoms with Gasteiger partial charge in [0.2, 0.25) is 5.78 Å². The van der Waals surface area contributed by atoms with Crippen molar-refractivity contribution in [3.05, 3.63) is 75.3 Å². The van der Waals surface area contributed by atoms with Gasteiger partial charge >= 0.3 is 0 Å². The summed E-state index contributed by atoms with van der Waals surface area (Å²) in [6.07, 6.45) is 0. The van der Waals surface area contributed by atoms with Crippen LogP contribution >= 0.6 is 0 Å². The predicted octanol–water partition coefficient (Wildman–Crippen LogP) is 3.10. The molecule has 0 aliphatic heterocycles. The Bertz CT molecular complexity index is 656. The first-order valence-corrected chi connectivity index (χ1v) is 5.24. The van der Waals surface area contributed by atoms with Gasteiger partial charge in [-0.1, -0.05) is 30.3 Å². The Morgan fingerprint density at radius 3 is 2.26 bits per heavy atom. The van der Waals surface area contributed by atoms with Crippen molar-refractivity contribution < 1.29 is 18.5 Å². The van der Waals surface area contributed by atoms with E-state index in [2.05, 4.69) is 0 Å². The molecule has 0 N–H and O–H groups in total. The molecule has 0 spiro atoms. The maximum atomic E-state index is 13.7. The quantitative estimate of drug-likeness (QED) is 0.485. The minimum Gasteiger partial charge on any atom is -0.288 e. The lowest BCUT2D eigenvalue weighted by atomic mass is 10.0. The summed E-state index contributed by atoms with van der Waals surface area (Å²) in [5.74, 6) is -3.74. The van der Waals surface area contributed by atoms with Crippen molar-refractivity contribution in [2.24, 2.45) is 0 Å². The maximum Gasteiger partial charge on any atom is 0.283 e. The highest BCUT2D eigenvalue weighted by Gasteiger charge is 2.27. The fraction of sp³-hybridized carbons (Fsp3) is 0. The highest BCUT2D eigenvalue weighted by molar-refractivity contribution is 6.11. The molecule has 0 saturated heterocycles. The third-order valence-electron chi connectivity index (χ3n) is 2.53. The topological polar surface area (TPSA) is 60.2 Å². The van der Waals surface area contributed by atoms with E-state index in [1.807, 2.05) is 0 Å². The molecule has 2 aromatic rings. The van der Waals surface area contributed by atoms with Crippen LogP contribution in [0.3, 0.4) is 0 Å². The Labute approximate surface area is 106 Å². The summed E-state index contributed by atoms with van der Waals surface area (Å²) in [7, 11) is 0. The number of nitro benzene ring substituents is 1. The minimum atomic E-state index is -1.51. The normalized spacial score (nSPS) is 10.2. The molecule has 0 heterocycles. The smallest absolute Gasteiger partial charge is 0.283 e. The van der Waals surface area contributed by atoms with E-state index in [9.17, 15) is 23.7 Å². The average molecular weight is 263 g/mol. The third-order valence-corrected chi connectivity index (χ3v) is 2.53. The summed E-state index contributed by atoms with van der Waals surface area (Å²) in [5, 5.41) is 10.8. The van der Waals surface area contributed by atoms with Crippen molar-refractivity contribution in [2.75, 3.05) is 0 Å². The first kappa shape index (κ1) is 12.8. The molecule has 6 heteroatoms. The Hall–Kier alpha value is -2.63. The summed E-state index contributed by atoms with van der Waals surface area (Å²) in [6, 6.07) is 8.82. The van der Waals surface area contributed by atoms with Crippen molar-refractivity contribution in [3.8, 4) is 0 Å². The number of nitro groups is 1. The summed E-state index contributed by atoms with van der Waals surface area (Å²) in [6.45, 7) is 0. The number of carbonyl (C=O) groups excluding carboxylic acids is 1. The lowest BCUT2D eigenvalue weighted by molar-refractivity contribution is -0.385. The first-order chi connectivity index (χ1) is 9.02. The highest BCUT2D eigenvalue weighted by atomic mass is 19.2. The van der Waals surface area contributed by atoms with E-state index in [-0.39, 0.29) is 5.56 Å². The standard InChI is InChI=1S/C13H7F2NO3/c14-9-6-7-10(16(18)19)11(12(9)15)13(17)8-4-2-1-3-5-8/h1-7H. The van der Waals surface area contributed by atoms with Gasteiger partial charge in [-0.3, -0.25) is 14.9 Å². The highest BCUT2D eigenvalue weighted by Crippen LogP contribution is 2.26. The van der Waals surface area contributed by atoms with Gasteiger partial charge in [-0.05, 0) is 6.07 Å². The second-order valence-corrected chi connectivity index (χ2v) is 3.71. The molecule has 96 valence electrons. The zero-order valence-corrected chi connectivity index (χ0v) is 9.47. The number of hydrogen-bond acceptors (Lipinski definition) is 3. The van der Waals surface area contributed by atoms with Crippen LogP contribution in [0.15, 0.2) is 42.5 Å². The average Bonchev–Trinajstić information content (AvgIpc) is 2.41. The third kappa shape index (κ3) is 2.33. The van der Waals surface area contributed by atoms with Crippen molar-refractivity contribution >= 4 is 11.5 Å². The van der Waals surface area contributed by atoms with Gasteiger partial charge in [-0.2, -0.15) is 0 Å². The number of halogens is 2. The Kier molecular flexibility index (Phi) is 3.33. The molecule has 0 unspecified atom stereocenters. The predicted molar refractivity (Wildman–Crippen MR) is 62.9 cm³/mol. The Morgan fingerprint density at radius 2 is 1.68 bits per heavy atom. The Balaban J connectivity index is 2.64. The lowest BCUT2D eigenvalue weighted by Crippen LogP contribution is -2.09. The van der Waals surface area contributed by atoms with Crippen LogP contribution in [0, 0.1) is 21.7 Å². The number of rotatable bonds is 3. The van der Waals surface area contributed by atoms with Crippen LogP contribution in [0.2, 0.25) is 0 Å². The van der Waals surface area contributed by atoms with Crippen LogP contribution in [0.4, 0.5) is 14.5 Å². The van der Waals surface area contributed by atoms with Gasteiger partial charge in [0.25, 0.3) is 5.69 Å². The van der Waals surface area contributed by atoms with Gasteiger partial charge in [-0.15, -0.1) is 0 Å².